The van der Waals surface area contributed by atoms with Crippen molar-refractivity contribution in [1.82, 2.24) is 5.32 Å². The third kappa shape index (κ3) is 3.98. The van der Waals surface area contributed by atoms with Crippen LogP contribution in [0.25, 0.3) is 0 Å². The van der Waals surface area contributed by atoms with Crippen molar-refractivity contribution in [1.29, 1.82) is 0 Å². The first kappa shape index (κ1) is 14.4. The van der Waals surface area contributed by atoms with Crippen molar-refractivity contribution in [2.45, 2.75) is 84.6 Å². The lowest BCUT2D eigenvalue weighted by Crippen LogP contribution is -2.40. The van der Waals surface area contributed by atoms with E-state index in [-0.39, 0.29) is 0 Å². The maximum Gasteiger partial charge on any atom is 0.00978 e. The third-order valence-electron chi connectivity index (χ3n) is 5.48. The van der Waals surface area contributed by atoms with E-state index in [0.717, 1.165) is 24.4 Å². The van der Waals surface area contributed by atoms with E-state index < -0.39 is 0 Å². The molecular weight excluding hydrogens is 218 g/mol. The lowest BCUT2D eigenvalue weighted by molar-refractivity contribution is 0.150. The fraction of sp³-hybridized carbons (Fsp3) is 1.00. The van der Waals surface area contributed by atoms with Crippen LogP contribution in [-0.2, 0) is 0 Å². The zero-order chi connectivity index (χ0) is 13.0. The van der Waals surface area contributed by atoms with Crippen molar-refractivity contribution in [3.8, 4) is 0 Å². The van der Waals surface area contributed by atoms with Gasteiger partial charge in [0.25, 0.3) is 0 Å². The summed E-state index contributed by atoms with van der Waals surface area (Å²) in [5, 5.41) is 3.81. The predicted molar refractivity (Wildman–Crippen MR) is 79.8 cm³/mol. The molecule has 2 fully saturated rings. The molecule has 0 aromatic rings. The Bertz CT molecular complexity index is 230. The van der Waals surface area contributed by atoms with Crippen molar-refractivity contribution in [3.05, 3.63) is 0 Å². The average Bonchev–Trinajstić information content (AvgIpc) is 2.81. The molecule has 0 heterocycles. The summed E-state index contributed by atoms with van der Waals surface area (Å²) < 4.78 is 0. The van der Waals surface area contributed by atoms with E-state index in [1.165, 1.54) is 57.8 Å². The summed E-state index contributed by atoms with van der Waals surface area (Å²) in [6.07, 6.45) is 13.2. The monoisotopic (exact) mass is 251 g/mol. The lowest BCUT2D eigenvalue weighted by atomic mass is 9.70. The van der Waals surface area contributed by atoms with E-state index in [2.05, 4.69) is 26.1 Å². The Kier molecular flexibility index (Phi) is 5.12. The zero-order valence-corrected chi connectivity index (χ0v) is 12.8. The van der Waals surface area contributed by atoms with Gasteiger partial charge in [0.15, 0.2) is 0 Å². The number of hydrogen-bond donors (Lipinski definition) is 1. The number of hydrogen-bond acceptors (Lipinski definition) is 1. The quantitative estimate of drug-likeness (QED) is 0.743. The van der Waals surface area contributed by atoms with Crippen molar-refractivity contribution >= 4 is 0 Å². The van der Waals surface area contributed by atoms with Gasteiger partial charge in [-0.3, -0.25) is 0 Å². The summed E-state index contributed by atoms with van der Waals surface area (Å²) >= 11 is 0. The van der Waals surface area contributed by atoms with Crippen molar-refractivity contribution < 1.29 is 0 Å². The molecule has 0 bridgehead atoms. The molecule has 2 saturated carbocycles. The summed E-state index contributed by atoms with van der Waals surface area (Å²) in [5.74, 6) is 1.99. The molecule has 0 aliphatic heterocycles. The van der Waals surface area contributed by atoms with Crippen molar-refractivity contribution in [3.63, 3.8) is 0 Å². The molecular formula is C17H33N. The Balaban J connectivity index is 1.84. The topological polar surface area (TPSA) is 12.0 Å². The van der Waals surface area contributed by atoms with E-state index in [1.807, 2.05) is 0 Å². The smallest absolute Gasteiger partial charge is 0.00978 e. The van der Waals surface area contributed by atoms with Crippen LogP contribution in [0.5, 0.6) is 0 Å². The molecule has 0 aromatic carbocycles. The van der Waals surface area contributed by atoms with Crippen LogP contribution >= 0.6 is 0 Å². The molecule has 0 radical (unpaired) electrons. The highest BCUT2D eigenvalue weighted by molar-refractivity contribution is 4.87. The highest BCUT2D eigenvalue weighted by Gasteiger charge is 2.32. The largest absolute Gasteiger partial charge is 0.314 e. The maximum absolute atomic E-state index is 3.81. The number of nitrogens with one attached hydrogen (secondary N) is 1. The summed E-state index contributed by atoms with van der Waals surface area (Å²) in [4.78, 5) is 0. The Morgan fingerprint density at radius 2 is 1.67 bits per heavy atom. The van der Waals surface area contributed by atoms with Crippen LogP contribution in [0.1, 0.15) is 78.6 Å². The SMILES string of the molecule is CCNC(CC1CCCC1)C1CCC(C)(C)CC1. The molecule has 0 saturated heterocycles. The van der Waals surface area contributed by atoms with Crippen LogP contribution in [0.15, 0.2) is 0 Å². The second-order valence-electron chi connectivity index (χ2n) is 7.55. The van der Waals surface area contributed by atoms with E-state index in [4.69, 9.17) is 0 Å². The van der Waals surface area contributed by atoms with Gasteiger partial charge in [-0.25, -0.2) is 0 Å². The molecule has 1 N–H and O–H groups in total. The molecule has 1 atom stereocenters. The standard InChI is InChI=1S/C17H33N/c1-4-18-16(13-14-7-5-6-8-14)15-9-11-17(2,3)12-10-15/h14-16,18H,4-13H2,1-3H3. The van der Waals surface area contributed by atoms with Gasteiger partial charge in [-0.2, -0.15) is 0 Å². The van der Waals surface area contributed by atoms with Gasteiger partial charge >= 0.3 is 0 Å². The Hall–Kier alpha value is -0.0400. The Labute approximate surface area is 114 Å². The van der Waals surface area contributed by atoms with Crippen LogP contribution in [0.3, 0.4) is 0 Å². The first-order valence-corrected chi connectivity index (χ1v) is 8.34. The van der Waals surface area contributed by atoms with Crippen LogP contribution in [0.4, 0.5) is 0 Å². The van der Waals surface area contributed by atoms with Gasteiger partial charge in [0, 0.05) is 6.04 Å². The molecule has 2 rings (SSSR count). The molecule has 1 nitrogen and oxygen atoms in total. The summed E-state index contributed by atoms with van der Waals surface area (Å²) in [6, 6.07) is 0.814. The molecule has 0 aromatic heterocycles. The summed E-state index contributed by atoms with van der Waals surface area (Å²) in [5.41, 5.74) is 0.612. The molecule has 0 amide bonds. The molecule has 18 heavy (non-hydrogen) atoms. The van der Waals surface area contributed by atoms with Gasteiger partial charge in [-0.05, 0) is 55.9 Å². The van der Waals surface area contributed by atoms with Crippen LogP contribution in [-0.4, -0.2) is 12.6 Å². The highest BCUT2D eigenvalue weighted by Crippen LogP contribution is 2.41. The average molecular weight is 251 g/mol. The van der Waals surface area contributed by atoms with Gasteiger partial charge in [0.1, 0.15) is 0 Å². The van der Waals surface area contributed by atoms with Crippen molar-refractivity contribution in [2.24, 2.45) is 17.3 Å². The van der Waals surface area contributed by atoms with E-state index in [1.54, 1.807) is 0 Å². The van der Waals surface area contributed by atoms with Crippen molar-refractivity contribution in [2.75, 3.05) is 6.54 Å². The van der Waals surface area contributed by atoms with Gasteiger partial charge < -0.3 is 5.32 Å². The van der Waals surface area contributed by atoms with Gasteiger partial charge in [0.05, 0.1) is 0 Å². The van der Waals surface area contributed by atoms with Crippen LogP contribution < -0.4 is 5.32 Å². The third-order valence-corrected chi connectivity index (χ3v) is 5.48. The lowest BCUT2D eigenvalue weighted by Gasteiger charge is -2.39. The second kappa shape index (κ2) is 6.41. The second-order valence-corrected chi connectivity index (χ2v) is 7.55. The molecule has 106 valence electrons. The fourth-order valence-electron chi connectivity index (χ4n) is 4.13. The molecule has 1 heteroatoms. The molecule has 0 spiro atoms. The van der Waals surface area contributed by atoms with E-state index >= 15 is 0 Å². The Morgan fingerprint density at radius 1 is 1.06 bits per heavy atom. The summed E-state index contributed by atoms with van der Waals surface area (Å²) in [6.45, 7) is 8.32. The summed E-state index contributed by atoms with van der Waals surface area (Å²) in [7, 11) is 0. The van der Waals surface area contributed by atoms with Gasteiger partial charge in [0.2, 0.25) is 0 Å². The minimum Gasteiger partial charge on any atom is -0.314 e. The Morgan fingerprint density at radius 3 is 2.22 bits per heavy atom. The van der Waals surface area contributed by atoms with E-state index in [0.29, 0.717) is 5.41 Å². The normalized spacial score (nSPS) is 27.5. The minimum absolute atomic E-state index is 0.612. The number of rotatable bonds is 5. The first-order chi connectivity index (χ1) is 8.61. The minimum atomic E-state index is 0.612. The molecule has 1 unspecified atom stereocenters. The fourth-order valence-corrected chi connectivity index (χ4v) is 4.13. The maximum atomic E-state index is 3.81. The first-order valence-electron chi connectivity index (χ1n) is 8.34. The van der Waals surface area contributed by atoms with E-state index in [9.17, 15) is 0 Å². The predicted octanol–water partition coefficient (Wildman–Crippen LogP) is 4.76. The molecule has 2 aliphatic rings. The van der Waals surface area contributed by atoms with Crippen LogP contribution in [0.2, 0.25) is 0 Å². The molecule has 2 aliphatic carbocycles. The van der Waals surface area contributed by atoms with Gasteiger partial charge in [-0.15, -0.1) is 0 Å². The zero-order valence-electron chi connectivity index (χ0n) is 12.8. The van der Waals surface area contributed by atoms with Crippen LogP contribution in [0, 0.1) is 17.3 Å². The highest BCUT2D eigenvalue weighted by atomic mass is 14.9. The van der Waals surface area contributed by atoms with Gasteiger partial charge in [-0.1, -0.05) is 46.5 Å².